The van der Waals surface area contributed by atoms with Gasteiger partial charge in [0.25, 0.3) is 0 Å². The Hall–Kier alpha value is -4.31. The Morgan fingerprint density at radius 2 is 1.95 bits per heavy atom. The van der Waals surface area contributed by atoms with Gasteiger partial charge >= 0.3 is 5.97 Å². The summed E-state index contributed by atoms with van der Waals surface area (Å²) in [5.41, 5.74) is 3.47. The number of carbonyl (C=O) groups excluding carboxylic acids is 2. The molecule has 9 nitrogen and oxygen atoms in total. The number of hydrogen-bond donors (Lipinski definition) is 1. The molecule has 0 radical (unpaired) electrons. The maximum Gasteiger partial charge on any atom is 0.304 e. The first-order valence-corrected chi connectivity index (χ1v) is 14.2. The Bertz CT molecular complexity index is 1530. The van der Waals surface area contributed by atoms with Crippen molar-refractivity contribution in [2.24, 2.45) is 5.92 Å². The molecule has 10 heteroatoms. The first-order valence-electron chi connectivity index (χ1n) is 13.4. The molecule has 1 saturated heterocycles. The summed E-state index contributed by atoms with van der Waals surface area (Å²) in [6, 6.07) is 15.2. The largest absolute Gasteiger partial charge is 0.481 e. The summed E-state index contributed by atoms with van der Waals surface area (Å²) < 4.78 is 5.41. The second-order valence-electron chi connectivity index (χ2n) is 10.1. The van der Waals surface area contributed by atoms with Gasteiger partial charge < -0.3 is 9.52 Å². The second kappa shape index (κ2) is 11.1. The van der Waals surface area contributed by atoms with E-state index in [1.165, 1.54) is 17.6 Å². The van der Waals surface area contributed by atoms with E-state index in [2.05, 4.69) is 4.98 Å². The summed E-state index contributed by atoms with van der Waals surface area (Å²) in [5, 5.41) is 12.0. The number of rotatable bonds is 10. The van der Waals surface area contributed by atoms with Gasteiger partial charge in [-0.3, -0.25) is 24.2 Å². The first-order chi connectivity index (χ1) is 19.5. The minimum Gasteiger partial charge on any atom is -0.481 e. The molecule has 6 rings (SSSR count). The zero-order valence-electron chi connectivity index (χ0n) is 21.7. The van der Waals surface area contributed by atoms with Crippen molar-refractivity contribution in [3.05, 3.63) is 72.1 Å². The smallest absolute Gasteiger partial charge is 0.304 e. The quantitative estimate of drug-likeness (QED) is 0.277. The number of benzene rings is 1. The van der Waals surface area contributed by atoms with Crippen molar-refractivity contribution >= 4 is 40.1 Å². The molecule has 0 bridgehead atoms. The molecule has 1 aliphatic carbocycles. The third-order valence-electron chi connectivity index (χ3n) is 7.26. The number of amides is 2. The second-order valence-corrected chi connectivity index (χ2v) is 11.0. The zero-order chi connectivity index (χ0) is 27.6. The highest BCUT2D eigenvalue weighted by molar-refractivity contribution is 7.14. The summed E-state index contributed by atoms with van der Waals surface area (Å²) in [5.74, 6) is -0.687. The lowest BCUT2D eigenvalue weighted by Crippen LogP contribution is -2.39. The van der Waals surface area contributed by atoms with E-state index in [9.17, 15) is 19.5 Å². The fourth-order valence-electron chi connectivity index (χ4n) is 5.14. The van der Waals surface area contributed by atoms with Crippen LogP contribution >= 0.6 is 11.3 Å². The molecule has 2 fully saturated rings. The zero-order valence-corrected chi connectivity index (χ0v) is 22.5. The van der Waals surface area contributed by atoms with E-state index >= 15 is 0 Å². The van der Waals surface area contributed by atoms with E-state index in [4.69, 9.17) is 9.40 Å². The maximum absolute atomic E-state index is 13.7. The first kappa shape index (κ1) is 25.9. The van der Waals surface area contributed by atoms with Crippen molar-refractivity contribution in [2.75, 3.05) is 16.3 Å². The Kier molecular flexibility index (Phi) is 7.17. The van der Waals surface area contributed by atoms with E-state index in [0.717, 1.165) is 41.6 Å². The van der Waals surface area contributed by atoms with Crippen molar-refractivity contribution in [3.63, 3.8) is 0 Å². The van der Waals surface area contributed by atoms with Crippen LogP contribution in [-0.2, 0) is 20.8 Å². The Morgan fingerprint density at radius 1 is 1.12 bits per heavy atom. The van der Waals surface area contributed by atoms with E-state index in [1.807, 2.05) is 41.8 Å². The highest BCUT2D eigenvalue weighted by Gasteiger charge is 2.39. The molecule has 0 spiro atoms. The molecular formula is C30H28N4O5S. The Morgan fingerprint density at radius 3 is 2.60 bits per heavy atom. The van der Waals surface area contributed by atoms with E-state index in [1.54, 1.807) is 28.1 Å². The summed E-state index contributed by atoms with van der Waals surface area (Å²) in [6.07, 6.45) is 6.35. The molecule has 1 aromatic carbocycles. The third-order valence-corrected chi connectivity index (χ3v) is 8.10. The van der Waals surface area contributed by atoms with Crippen LogP contribution in [0.1, 0.15) is 37.9 Å². The van der Waals surface area contributed by atoms with Crippen LogP contribution in [0.3, 0.4) is 0 Å². The monoisotopic (exact) mass is 556 g/mol. The minimum absolute atomic E-state index is 0.0136. The number of furan rings is 1. The lowest BCUT2D eigenvalue weighted by molar-refractivity contribution is -0.140. The lowest BCUT2D eigenvalue weighted by atomic mass is 9.98. The van der Waals surface area contributed by atoms with E-state index in [0.29, 0.717) is 29.7 Å². The van der Waals surface area contributed by atoms with Gasteiger partial charge in [0.2, 0.25) is 11.8 Å². The van der Waals surface area contributed by atoms with E-state index < -0.39 is 11.9 Å². The van der Waals surface area contributed by atoms with Crippen LogP contribution in [-0.4, -0.2) is 45.4 Å². The van der Waals surface area contributed by atoms with Gasteiger partial charge in [-0.2, -0.15) is 0 Å². The molecule has 1 unspecified atom stereocenters. The van der Waals surface area contributed by atoms with Crippen LogP contribution in [0, 0.1) is 5.92 Å². The molecule has 2 aliphatic rings. The normalized spacial score (nSPS) is 15.8. The van der Waals surface area contributed by atoms with Gasteiger partial charge in [-0.05, 0) is 49.1 Å². The molecule has 4 heterocycles. The maximum atomic E-state index is 13.7. The Balaban J connectivity index is 1.28. The fourth-order valence-corrected chi connectivity index (χ4v) is 6.04. The van der Waals surface area contributed by atoms with Crippen molar-refractivity contribution in [2.45, 2.75) is 44.6 Å². The molecule has 1 aliphatic heterocycles. The number of carboxylic acid groups (broad SMARTS) is 1. The standard InChI is InChI=1S/C30H28N4O5S/c35-27-8-3-13-33(27)26-12-9-19(17-31-26)23-6-1-2-7-24(23)25-18-40-30(32-25)34(21-10-11-21)29(38)20(16-28(36)37)15-22-5-4-14-39-22/h1-2,4-7,9,12,14,17-18,20-21H,3,8,10-11,13,15-16H2,(H,36,37). The van der Waals surface area contributed by atoms with Crippen molar-refractivity contribution in [1.29, 1.82) is 0 Å². The van der Waals surface area contributed by atoms with Crippen LogP contribution in [0.25, 0.3) is 22.4 Å². The average Bonchev–Trinajstić information content (AvgIpc) is 3.30. The van der Waals surface area contributed by atoms with Crippen LogP contribution in [0.5, 0.6) is 0 Å². The van der Waals surface area contributed by atoms with Crippen molar-refractivity contribution in [1.82, 2.24) is 9.97 Å². The number of hydrogen-bond acceptors (Lipinski definition) is 7. The number of nitrogens with zero attached hydrogens (tertiary/aromatic N) is 4. The molecule has 1 atom stereocenters. The number of carboxylic acids is 1. The van der Waals surface area contributed by atoms with Gasteiger partial charge in [0.1, 0.15) is 11.6 Å². The summed E-state index contributed by atoms with van der Waals surface area (Å²) >= 11 is 1.38. The molecule has 3 aromatic heterocycles. The SMILES string of the molecule is O=C(O)CC(Cc1ccco1)C(=O)N(c1nc(-c2ccccc2-c2ccc(N3CCCC3=O)nc2)cs1)C1CC1. The molecule has 204 valence electrons. The van der Waals surface area contributed by atoms with Crippen molar-refractivity contribution in [3.8, 4) is 22.4 Å². The van der Waals surface area contributed by atoms with Crippen LogP contribution in [0.2, 0.25) is 0 Å². The van der Waals surface area contributed by atoms with Crippen LogP contribution < -0.4 is 9.80 Å². The fraction of sp³-hybridized carbons (Fsp3) is 0.300. The van der Waals surface area contributed by atoms with Crippen molar-refractivity contribution < 1.29 is 23.9 Å². The number of anilines is 2. The van der Waals surface area contributed by atoms with Crippen LogP contribution in [0.4, 0.5) is 10.9 Å². The van der Waals surface area contributed by atoms with Gasteiger partial charge in [0.15, 0.2) is 5.13 Å². The van der Waals surface area contributed by atoms with Gasteiger partial charge in [0.05, 0.1) is 24.3 Å². The Labute approximate surface area is 235 Å². The number of aromatic nitrogens is 2. The number of pyridine rings is 1. The van der Waals surface area contributed by atoms with E-state index in [-0.39, 0.29) is 30.7 Å². The third kappa shape index (κ3) is 5.40. The molecule has 40 heavy (non-hydrogen) atoms. The highest BCUT2D eigenvalue weighted by Crippen LogP contribution is 2.39. The molecule has 2 amide bonds. The lowest BCUT2D eigenvalue weighted by Gasteiger charge is -2.24. The van der Waals surface area contributed by atoms with Crippen LogP contribution in [0.15, 0.2) is 70.8 Å². The van der Waals surface area contributed by atoms with Gasteiger partial charge in [-0.1, -0.05) is 24.3 Å². The van der Waals surface area contributed by atoms with Gasteiger partial charge in [-0.15, -0.1) is 11.3 Å². The number of thiazole rings is 1. The predicted octanol–water partition coefficient (Wildman–Crippen LogP) is 5.42. The molecular weight excluding hydrogens is 528 g/mol. The summed E-state index contributed by atoms with van der Waals surface area (Å²) in [6.45, 7) is 0.689. The molecule has 4 aromatic rings. The number of carbonyl (C=O) groups is 3. The van der Waals surface area contributed by atoms with Gasteiger partial charge in [-0.25, -0.2) is 9.97 Å². The molecule has 1 saturated carbocycles. The van der Waals surface area contributed by atoms with Gasteiger partial charge in [0, 0.05) is 48.1 Å². The molecule has 1 N–H and O–H groups in total. The highest BCUT2D eigenvalue weighted by atomic mass is 32.1. The predicted molar refractivity (Wildman–Crippen MR) is 151 cm³/mol. The number of aliphatic carboxylic acids is 1. The summed E-state index contributed by atoms with van der Waals surface area (Å²) in [7, 11) is 0. The average molecular weight is 557 g/mol. The summed E-state index contributed by atoms with van der Waals surface area (Å²) in [4.78, 5) is 50.3. The minimum atomic E-state index is -1.02. The topological polar surface area (TPSA) is 117 Å².